The summed E-state index contributed by atoms with van der Waals surface area (Å²) in [6.07, 6.45) is 0.0940. The van der Waals surface area contributed by atoms with Crippen molar-refractivity contribution >= 4 is 0 Å². The van der Waals surface area contributed by atoms with Crippen LogP contribution in [0.2, 0.25) is 0 Å². The minimum absolute atomic E-state index is 0.626. The van der Waals surface area contributed by atoms with Crippen molar-refractivity contribution in [2.45, 2.75) is 25.3 Å². The van der Waals surface area contributed by atoms with E-state index in [9.17, 15) is 10.2 Å². The first-order chi connectivity index (χ1) is 9.69. The molecule has 2 aromatic rings. The highest BCUT2D eigenvalue weighted by molar-refractivity contribution is 5.45. The fraction of sp³-hybridized carbons (Fsp3) is 0.294. The largest absolute Gasteiger partial charge is 0.374 e. The van der Waals surface area contributed by atoms with Crippen molar-refractivity contribution in [2.24, 2.45) is 0 Å². The number of hydrogen-bond acceptors (Lipinski definition) is 3. The Labute approximate surface area is 119 Å². The van der Waals surface area contributed by atoms with Gasteiger partial charge in [-0.1, -0.05) is 61.5 Å². The van der Waals surface area contributed by atoms with E-state index in [4.69, 9.17) is 0 Å². The van der Waals surface area contributed by atoms with Gasteiger partial charge in [0.1, 0.15) is 6.23 Å². The maximum atomic E-state index is 11.3. The number of rotatable bonds is 3. The number of fused-ring (bicyclic) bond motifs is 1. The fourth-order valence-corrected chi connectivity index (χ4v) is 3.06. The summed E-state index contributed by atoms with van der Waals surface area (Å²) in [5.74, 6) is 0. The van der Waals surface area contributed by atoms with Gasteiger partial charge in [0, 0.05) is 23.2 Å². The van der Waals surface area contributed by atoms with Gasteiger partial charge in [0.15, 0.2) is 5.72 Å². The summed E-state index contributed by atoms with van der Waals surface area (Å²) in [6, 6.07) is 17.1. The van der Waals surface area contributed by atoms with Crippen LogP contribution in [0.1, 0.15) is 36.3 Å². The normalized spacial score (nSPS) is 25.6. The van der Waals surface area contributed by atoms with E-state index in [1.807, 2.05) is 61.5 Å². The number of benzene rings is 2. The second-order valence-corrected chi connectivity index (χ2v) is 5.19. The monoisotopic (exact) mass is 269 g/mol. The van der Waals surface area contributed by atoms with Gasteiger partial charge in [-0.15, -0.1) is 0 Å². The third-order valence-corrected chi connectivity index (χ3v) is 3.97. The Morgan fingerprint density at radius 3 is 2.40 bits per heavy atom. The lowest BCUT2D eigenvalue weighted by molar-refractivity contribution is -0.139. The van der Waals surface area contributed by atoms with Gasteiger partial charge in [0.2, 0.25) is 0 Å². The molecular formula is C17H19NO2. The Hall–Kier alpha value is -1.68. The summed E-state index contributed by atoms with van der Waals surface area (Å²) in [5, 5.41) is 21.9. The van der Waals surface area contributed by atoms with Crippen LogP contribution in [0.25, 0.3) is 0 Å². The average Bonchev–Trinajstić information content (AvgIpc) is 2.72. The molecular weight excluding hydrogens is 250 g/mol. The van der Waals surface area contributed by atoms with Crippen molar-refractivity contribution in [3.8, 4) is 0 Å². The average molecular weight is 269 g/mol. The number of aliphatic hydroxyl groups is 2. The summed E-state index contributed by atoms with van der Waals surface area (Å²) in [6.45, 7) is 2.67. The lowest BCUT2D eigenvalue weighted by atomic mass is 9.94. The second kappa shape index (κ2) is 5.02. The molecule has 3 nitrogen and oxygen atoms in total. The van der Waals surface area contributed by atoms with Crippen LogP contribution < -0.4 is 0 Å². The second-order valence-electron chi connectivity index (χ2n) is 5.19. The van der Waals surface area contributed by atoms with E-state index in [1.54, 1.807) is 4.90 Å². The minimum Gasteiger partial charge on any atom is -0.374 e. The Bertz CT molecular complexity index is 599. The molecule has 2 atom stereocenters. The van der Waals surface area contributed by atoms with Crippen molar-refractivity contribution in [3.05, 3.63) is 71.3 Å². The van der Waals surface area contributed by atoms with Gasteiger partial charge >= 0.3 is 0 Å². The van der Waals surface area contributed by atoms with Crippen LogP contribution in [-0.2, 0) is 5.72 Å². The molecule has 1 heterocycles. The van der Waals surface area contributed by atoms with E-state index in [-0.39, 0.29) is 0 Å². The summed E-state index contributed by atoms with van der Waals surface area (Å²) in [7, 11) is 0. The SMILES string of the molecule is CCCN1C(O)c2ccccc2C1(O)c1ccccc1. The van der Waals surface area contributed by atoms with Crippen molar-refractivity contribution in [1.29, 1.82) is 0 Å². The van der Waals surface area contributed by atoms with Crippen LogP contribution in [0.15, 0.2) is 54.6 Å². The van der Waals surface area contributed by atoms with Crippen LogP contribution in [-0.4, -0.2) is 21.7 Å². The summed E-state index contributed by atoms with van der Waals surface area (Å²) in [4.78, 5) is 1.76. The lowest BCUT2D eigenvalue weighted by Gasteiger charge is -2.36. The van der Waals surface area contributed by atoms with Gasteiger partial charge in [0.05, 0.1) is 0 Å². The van der Waals surface area contributed by atoms with Crippen LogP contribution in [0, 0.1) is 0 Å². The van der Waals surface area contributed by atoms with E-state index >= 15 is 0 Å². The molecule has 0 amide bonds. The zero-order valence-electron chi connectivity index (χ0n) is 11.5. The molecule has 0 bridgehead atoms. The molecule has 104 valence electrons. The summed E-state index contributed by atoms with van der Waals surface area (Å²) in [5.41, 5.74) is 1.09. The predicted molar refractivity (Wildman–Crippen MR) is 77.8 cm³/mol. The smallest absolute Gasteiger partial charge is 0.173 e. The van der Waals surface area contributed by atoms with Crippen molar-refractivity contribution < 1.29 is 10.2 Å². The lowest BCUT2D eigenvalue weighted by Crippen LogP contribution is -2.44. The van der Waals surface area contributed by atoms with E-state index in [0.717, 1.165) is 23.1 Å². The molecule has 2 N–H and O–H groups in total. The molecule has 0 fully saturated rings. The van der Waals surface area contributed by atoms with Gasteiger partial charge < -0.3 is 10.2 Å². The van der Waals surface area contributed by atoms with Crippen LogP contribution in [0.4, 0.5) is 0 Å². The Morgan fingerprint density at radius 2 is 1.70 bits per heavy atom. The Kier molecular flexibility index (Phi) is 3.34. The maximum absolute atomic E-state index is 11.3. The van der Waals surface area contributed by atoms with E-state index in [1.165, 1.54) is 0 Å². The third-order valence-electron chi connectivity index (χ3n) is 3.97. The quantitative estimate of drug-likeness (QED) is 0.900. The van der Waals surface area contributed by atoms with Gasteiger partial charge in [0.25, 0.3) is 0 Å². The number of aliphatic hydroxyl groups excluding tert-OH is 1. The van der Waals surface area contributed by atoms with E-state index in [0.29, 0.717) is 6.54 Å². The third kappa shape index (κ3) is 1.79. The first-order valence-corrected chi connectivity index (χ1v) is 7.01. The number of hydrogen-bond donors (Lipinski definition) is 2. The Balaban J connectivity index is 2.20. The highest BCUT2D eigenvalue weighted by Crippen LogP contribution is 2.47. The van der Waals surface area contributed by atoms with Crippen molar-refractivity contribution in [3.63, 3.8) is 0 Å². The molecule has 0 spiro atoms. The molecule has 0 saturated heterocycles. The molecule has 1 aliphatic rings. The van der Waals surface area contributed by atoms with Crippen LogP contribution in [0.3, 0.4) is 0 Å². The summed E-state index contributed by atoms with van der Waals surface area (Å²) < 4.78 is 0. The zero-order chi connectivity index (χ0) is 14.2. The van der Waals surface area contributed by atoms with Gasteiger partial charge in [-0.3, -0.25) is 0 Å². The highest BCUT2D eigenvalue weighted by atomic mass is 16.3. The number of nitrogens with zero attached hydrogens (tertiary/aromatic N) is 1. The van der Waals surface area contributed by atoms with Crippen molar-refractivity contribution in [2.75, 3.05) is 6.54 Å². The van der Waals surface area contributed by atoms with Crippen molar-refractivity contribution in [1.82, 2.24) is 4.90 Å². The van der Waals surface area contributed by atoms with E-state index in [2.05, 4.69) is 0 Å². The van der Waals surface area contributed by atoms with Gasteiger partial charge in [-0.25, -0.2) is 4.90 Å². The molecule has 3 heteroatoms. The molecule has 1 aliphatic heterocycles. The molecule has 3 rings (SSSR count). The first-order valence-electron chi connectivity index (χ1n) is 7.01. The Morgan fingerprint density at radius 1 is 1.05 bits per heavy atom. The predicted octanol–water partition coefficient (Wildman–Crippen LogP) is 2.60. The van der Waals surface area contributed by atoms with E-state index < -0.39 is 12.0 Å². The van der Waals surface area contributed by atoms with Crippen LogP contribution >= 0.6 is 0 Å². The molecule has 0 aliphatic carbocycles. The summed E-state index contributed by atoms with van der Waals surface area (Å²) >= 11 is 0. The maximum Gasteiger partial charge on any atom is 0.173 e. The van der Waals surface area contributed by atoms with Gasteiger partial charge in [-0.2, -0.15) is 0 Å². The highest BCUT2D eigenvalue weighted by Gasteiger charge is 2.49. The molecule has 2 unspecified atom stereocenters. The zero-order valence-corrected chi connectivity index (χ0v) is 11.5. The molecule has 0 radical (unpaired) electrons. The molecule has 20 heavy (non-hydrogen) atoms. The standard InChI is InChI=1S/C17H19NO2/c1-2-12-18-16(19)14-10-6-7-11-15(14)17(18,20)13-8-4-3-5-9-13/h3-11,16,19-20H,2,12H2,1H3. The van der Waals surface area contributed by atoms with Crippen LogP contribution in [0.5, 0.6) is 0 Å². The molecule has 2 aromatic carbocycles. The topological polar surface area (TPSA) is 43.7 Å². The van der Waals surface area contributed by atoms with Gasteiger partial charge in [-0.05, 0) is 6.42 Å². The molecule has 0 aromatic heterocycles. The first kappa shape index (κ1) is 13.3. The molecule has 0 saturated carbocycles. The minimum atomic E-state index is -1.26. The fourth-order valence-electron chi connectivity index (χ4n) is 3.06.